The molecule has 104 valence electrons. The summed E-state index contributed by atoms with van der Waals surface area (Å²) < 4.78 is 0. The van der Waals surface area contributed by atoms with Crippen molar-refractivity contribution in [3.05, 3.63) is 59.9 Å². The summed E-state index contributed by atoms with van der Waals surface area (Å²) in [6.45, 7) is 1.94. The molecule has 0 spiro atoms. The summed E-state index contributed by atoms with van der Waals surface area (Å²) in [6.07, 6.45) is 1.52. The number of aromatic carboxylic acids is 1. The minimum atomic E-state index is -0.949. The van der Waals surface area contributed by atoms with Crippen LogP contribution in [0.25, 0.3) is 10.9 Å². The van der Waals surface area contributed by atoms with E-state index >= 15 is 0 Å². The van der Waals surface area contributed by atoms with Gasteiger partial charge in [-0.15, -0.1) is 0 Å². The van der Waals surface area contributed by atoms with E-state index in [-0.39, 0.29) is 5.56 Å². The number of aryl methyl sites for hydroxylation is 1. The number of para-hydroxylation sites is 1. The summed E-state index contributed by atoms with van der Waals surface area (Å²) in [6, 6.07) is 12.9. The molecule has 1 aromatic carbocycles. The van der Waals surface area contributed by atoms with E-state index < -0.39 is 5.97 Å². The number of pyridine rings is 2. The van der Waals surface area contributed by atoms with Crippen molar-refractivity contribution >= 4 is 28.6 Å². The lowest BCUT2D eigenvalue weighted by Crippen LogP contribution is -1.96. The molecule has 0 atom stereocenters. The maximum Gasteiger partial charge on any atom is 0.335 e. The van der Waals surface area contributed by atoms with Crippen LogP contribution in [0.4, 0.5) is 0 Å². The summed E-state index contributed by atoms with van der Waals surface area (Å²) in [5, 5.41) is 10.7. The maximum atomic E-state index is 11.0. The van der Waals surface area contributed by atoms with Gasteiger partial charge in [0.15, 0.2) is 0 Å². The number of hydrogen-bond donors (Lipinski definition) is 1. The highest BCUT2D eigenvalue weighted by Crippen LogP contribution is 2.32. The first kappa shape index (κ1) is 13.6. The van der Waals surface area contributed by atoms with Gasteiger partial charge in [0.05, 0.1) is 11.1 Å². The highest BCUT2D eigenvalue weighted by molar-refractivity contribution is 7.99. The summed E-state index contributed by atoms with van der Waals surface area (Å²) in [5.74, 6) is -0.949. The Morgan fingerprint density at radius 3 is 2.81 bits per heavy atom. The third-order valence-electron chi connectivity index (χ3n) is 3.00. The van der Waals surface area contributed by atoms with Crippen molar-refractivity contribution in [3.63, 3.8) is 0 Å². The van der Waals surface area contributed by atoms with Crippen LogP contribution in [0, 0.1) is 6.92 Å². The molecule has 4 nitrogen and oxygen atoms in total. The van der Waals surface area contributed by atoms with Gasteiger partial charge < -0.3 is 5.11 Å². The Morgan fingerprint density at radius 2 is 2.00 bits per heavy atom. The summed E-state index contributed by atoms with van der Waals surface area (Å²) in [4.78, 5) is 20.8. The molecular weight excluding hydrogens is 284 g/mol. The third-order valence-corrected chi connectivity index (χ3v) is 3.99. The zero-order valence-corrected chi connectivity index (χ0v) is 12.1. The molecule has 21 heavy (non-hydrogen) atoms. The average molecular weight is 296 g/mol. The molecule has 2 heterocycles. The van der Waals surface area contributed by atoms with Crippen molar-refractivity contribution in [1.29, 1.82) is 0 Å². The standard InChI is InChI=1S/C16H12N2O2S/c1-10-8-14(12-4-2-3-5-13(12)18-10)21-15-9-11(16(19)20)6-7-17-15/h2-9H,1H3,(H,19,20). The first-order valence-corrected chi connectivity index (χ1v) is 7.19. The number of carbonyl (C=O) groups is 1. The SMILES string of the molecule is Cc1cc(Sc2cc(C(=O)O)ccn2)c2ccccc2n1. The van der Waals surface area contributed by atoms with E-state index in [1.54, 1.807) is 6.07 Å². The van der Waals surface area contributed by atoms with Gasteiger partial charge in [0.25, 0.3) is 0 Å². The molecule has 0 amide bonds. The van der Waals surface area contributed by atoms with Gasteiger partial charge in [0.1, 0.15) is 5.03 Å². The van der Waals surface area contributed by atoms with Crippen molar-refractivity contribution < 1.29 is 9.90 Å². The van der Waals surface area contributed by atoms with Crippen molar-refractivity contribution in [2.75, 3.05) is 0 Å². The molecule has 0 bridgehead atoms. The van der Waals surface area contributed by atoms with Gasteiger partial charge in [-0.05, 0) is 31.2 Å². The molecule has 0 saturated carbocycles. The lowest BCUT2D eigenvalue weighted by Gasteiger charge is -2.07. The molecule has 0 fully saturated rings. The largest absolute Gasteiger partial charge is 0.478 e. The topological polar surface area (TPSA) is 63.1 Å². The Morgan fingerprint density at radius 1 is 1.19 bits per heavy atom. The van der Waals surface area contributed by atoms with E-state index in [0.29, 0.717) is 5.03 Å². The van der Waals surface area contributed by atoms with E-state index in [0.717, 1.165) is 21.5 Å². The molecule has 2 aromatic heterocycles. The van der Waals surface area contributed by atoms with Crippen LogP contribution >= 0.6 is 11.8 Å². The number of carboxylic acids is 1. The van der Waals surface area contributed by atoms with Gasteiger partial charge >= 0.3 is 5.97 Å². The second-order valence-corrected chi connectivity index (χ2v) is 5.63. The van der Waals surface area contributed by atoms with Gasteiger partial charge in [-0.1, -0.05) is 30.0 Å². The minimum Gasteiger partial charge on any atom is -0.478 e. The smallest absolute Gasteiger partial charge is 0.335 e. The molecule has 1 N–H and O–H groups in total. The molecule has 5 heteroatoms. The van der Waals surface area contributed by atoms with E-state index in [9.17, 15) is 4.79 Å². The fraction of sp³-hybridized carbons (Fsp3) is 0.0625. The summed E-state index contributed by atoms with van der Waals surface area (Å²) in [7, 11) is 0. The van der Waals surface area contributed by atoms with Gasteiger partial charge in [-0.2, -0.15) is 0 Å². The zero-order valence-electron chi connectivity index (χ0n) is 11.3. The molecule has 3 aromatic rings. The van der Waals surface area contributed by atoms with Gasteiger partial charge in [0, 0.05) is 22.2 Å². The fourth-order valence-corrected chi connectivity index (χ4v) is 3.10. The van der Waals surface area contributed by atoms with E-state index in [1.807, 2.05) is 37.3 Å². The summed E-state index contributed by atoms with van der Waals surface area (Å²) >= 11 is 1.45. The lowest BCUT2D eigenvalue weighted by molar-refractivity contribution is 0.0696. The third kappa shape index (κ3) is 2.87. The minimum absolute atomic E-state index is 0.239. The van der Waals surface area contributed by atoms with Gasteiger partial charge in [0.2, 0.25) is 0 Å². The molecular formula is C16H12N2O2S. The van der Waals surface area contributed by atoms with E-state index in [4.69, 9.17) is 5.11 Å². The van der Waals surface area contributed by atoms with Crippen LogP contribution < -0.4 is 0 Å². The molecule has 0 radical (unpaired) electrons. The van der Waals surface area contributed by atoms with Crippen LogP contribution in [-0.2, 0) is 0 Å². The van der Waals surface area contributed by atoms with Gasteiger partial charge in [-0.3, -0.25) is 4.98 Å². The second kappa shape index (κ2) is 5.54. The first-order valence-electron chi connectivity index (χ1n) is 6.37. The van der Waals surface area contributed by atoms with Crippen LogP contribution in [0.5, 0.6) is 0 Å². The van der Waals surface area contributed by atoms with Crippen molar-refractivity contribution in [2.24, 2.45) is 0 Å². The highest BCUT2D eigenvalue weighted by atomic mass is 32.2. The van der Waals surface area contributed by atoms with Crippen LogP contribution in [0.1, 0.15) is 16.1 Å². The predicted octanol–water partition coefficient (Wildman–Crippen LogP) is 3.79. The summed E-state index contributed by atoms with van der Waals surface area (Å²) in [5.41, 5.74) is 2.09. The molecule has 0 aliphatic heterocycles. The monoisotopic (exact) mass is 296 g/mol. The number of hydrogen-bond acceptors (Lipinski definition) is 4. The van der Waals surface area contributed by atoms with Crippen molar-refractivity contribution in [2.45, 2.75) is 16.8 Å². The van der Waals surface area contributed by atoms with Crippen LogP contribution in [0.15, 0.2) is 58.6 Å². The lowest BCUT2D eigenvalue weighted by atomic mass is 10.2. The Kier molecular flexibility index (Phi) is 3.58. The molecule has 0 aliphatic carbocycles. The number of nitrogens with zero attached hydrogens (tertiary/aromatic N) is 2. The number of aromatic nitrogens is 2. The quantitative estimate of drug-likeness (QED) is 0.796. The Hall–Kier alpha value is -2.40. The Balaban J connectivity index is 2.05. The van der Waals surface area contributed by atoms with Crippen LogP contribution in [0.3, 0.4) is 0 Å². The van der Waals surface area contributed by atoms with Gasteiger partial charge in [-0.25, -0.2) is 9.78 Å². The number of benzene rings is 1. The van der Waals surface area contributed by atoms with Crippen LogP contribution in [-0.4, -0.2) is 21.0 Å². The maximum absolute atomic E-state index is 11.0. The molecule has 0 aliphatic rings. The van der Waals surface area contributed by atoms with E-state index in [2.05, 4.69) is 9.97 Å². The zero-order chi connectivity index (χ0) is 14.8. The van der Waals surface area contributed by atoms with Crippen LogP contribution in [0.2, 0.25) is 0 Å². The van der Waals surface area contributed by atoms with E-state index in [1.165, 1.54) is 24.0 Å². The molecule has 3 rings (SSSR count). The molecule has 0 unspecified atom stereocenters. The average Bonchev–Trinajstić information content (AvgIpc) is 2.47. The normalized spacial score (nSPS) is 10.7. The predicted molar refractivity (Wildman–Crippen MR) is 81.8 cm³/mol. The highest BCUT2D eigenvalue weighted by Gasteiger charge is 2.09. The number of rotatable bonds is 3. The Labute approximate surface area is 125 Å². The van der Waals surface area contributed by atoms with Crippen molar-refractivity contribution in [3.8, 4) is 0 Å². The number of carboxylic acid groups (broad SMARTS) is 1. The second-order valence-electron chi connectivity index (χ2n) is 4.57. The van der Waals surface area contributed by atoms with Crippen molar-refractivity contribution in [1.82, 2.24) is 9.97 Å². The molecule has 0 saturated heterocycles. The Bertz CT molecular complexity index is 833. The number of fused-ring (bicyclic) bond motifs is 1. The first-order chi connectivity index (χ1) is 10.1. The fourth-order valence-electron chi connectivity index (χ4n) is 2.06.